The van der Waals surface area contributed by atoms with Gasteiger partial charge < -0.3 is 34.6 Å². The number of carbonyl (C=O) groups excluding carboxylic acids is 4. The van der Waals surface area contributed by atoms with E-state index in [0.29, 0.717) is 26.2 Å². The van der Waals surface area contributed by atoms with E-state index in [9.17, 15) is 19.2 Å². The van der Waals surface area contributed by atoms with Crippen LogP contribution in [0.25, 0.3) is 43.6 Å². The predicted octanol–water partition coefficient (Wildman–Crippen LogP) is 8.55. The molecule has 11 heteroatoms. The van der Waals surface area contributed by atoms with E-state index in [4.69, 9.17) is 9.47 Å². The zero-order valence-electron chi connectivity index (χ0n) is 35.1. The highest BCUT2D eigenvalue weighted by Gasteiger charge is 2.28. The van der Waals surface area contributed by atoms with Crippen LogP contribution in [0.1, 0.15) is 48.9 Å². The first-order chi connectivity index (χ1) is 31.0. The average molecular weight is 842 g/mol. The van der Waals surface area contributed by atoms with E-state index in [1.54, 1.807) is 0 Å². The molecule has 0 spiro atoms. The van der Waals surface area contributed by atoms with Gasteiger partial charge in [0.1, 0.15) is 25.3 Å². The van der Waals surface area contributed by atoms with Crippen LogP contribution in [0.4, 0.5) is 0 Å². The Kier molecular flexibility index (Phi) is 13.8. The summed E-state index contributed by atoms with van der Waals surface area (Å²) in [5.41, 5.74) is 5.39. The molecule has 0 fully saturated rings. The second-order valence-corrected chi connectivity index (χ2v) is 15.6. The molecule has 2 atom stereocenters. The molecule has 2 aromatic heterocycles. The van der Waals surface area contributed by atoms with Crippen molar-refractivity contribution in [2.24, 2.45) is 0 Å². The lowest BCUT2D eigenvalue weighted by atomic mass is 10.1. The molecule has 11 nitrogen and oxygen atoms in total. The lowest BCUT2D eigenvalue weighted by Crippen LogP contribution is -2.36. The van der Waals surface area contributed by atoms with Gasteiger partial charge in [-0.15, -0.1) is 0 Å². The first kappa shape index (κ1) is 42.5. The molecule has 0 aliphatic carbocycles. The third-order valence-corrected chi connectivity index (χ3v) is 11.4. The van der Waals surface area contributed by atoms with Gasteiger partial charge >= 0.3 is 11.9 Å². The zero-order chi connectivity index (χ0) is 43.4. The average Bonchev–Trinajstić information content (AvgIpc) is 3.84. The van der Waals surface area contributed by atoms with Crippen LogP contribution in [0, 0.1) is 0 Å². The van der Waals surface area contributed by atoms with E-state index in [2.05, 4.69) is 16.0 Å². The maximum Gasteiger partial charge on any atom is 0.329 e. The van der Waals surface area contributed by atoms with Crippen molar-refractivity contribution in [1.29, 1.82) is 0 Å². The summed E-state index contributed by atoms with van der Waals surface area (Å²) in [6.45, 7) is 1.99. The van der Waals surface area contributed by atoms with Crippen LogP contribution in [-0.2, 0) is 41.9 Å². The van der Waals surface area contributed by atoms with Gasteiger partial charge in [0.25, 0.3) is 0 Å². The molecular formula is C52H51N5O6. The Balaban J connectivity index is 0.820. The fourth-order valence-electron chi connectivity index (χ4n) is 8.35. The summed E-state index contributed by atoms with van der Waals surface area (Å²) in [6, 6.07) is 49.6. The minimum Gasteiger partial charge on any atom is -0.459 e. The number of fused-ring (bicyclic) bond motifs is 6. The number of nitrogens with zero attached hydrogens (tertiary/aromatic N) is 2. The Hall–Kier alpha value is -7.24. The van der Waals surface area contributed by atoms with Crippen molar-refractivity contribution >= 4 is 67.4 Å². The maximum absolute atomic E-state index is 13.8. The lowest BCUT2D eigenvalue weighted by Gasteiger charge is -2.20. The molecule has 0 saturated carbocycles. The number of ether oxygens (including phenoxy) is 2. The number of amides is 2. The number of nitrogens with one attached hydrogen (secondary N) is 3. The van der Waals surface area contributed by atoms with Gasteiger partial charge in [-0.1, -0.05) is 133 Å². The minimum atomic E-state index is -0.719. The Morgan fingerprint density at radius 1 is 0.413 bits per heavy atom. The van der Waals surface area contributed by atoms with E-state index in [1.165, 1.54) is 0 Å². The van der Waals surface area contributed by atoms with Crippen LogP contribution in [0.2, 0.25) is 0 Å². The molecular weight excluding hydrogens is 791 g/mol. The van der Waals surface area contributed by atoms with Gasteiger partial charge in [0.2, 0.25) is 11.8 Å². The summed E-state index contributed by atoms with van der Waals surface area (Å²) in [5, 5.41) is 13.3. The van der Waals surface area contributed by atoms with Gasteiger partial charge in [0.15, 0.2) is 0 Å². The Bertz CT molecular complexity index is 2540. The topological polar surface area (TPSA) is 133 Å². The second kappa shape index (κ2) is 20.5. The van der Waals surface area contributed by atoms with Gasteiger partial charge in [0, 0.05) is 82.6 Å². The molecule has 0 aliphatic heterocycles. The Labute approximate surface area is 366 Å². The van der Waals surface area contributed by atoms with E-state index in [1.807, 2.05) is 167 Å². The number of carbonyl (C=O) groups is 4. The van der Waals surface area contributed by atoms with Crippen molar-refractivity contribution in [2.45, 2.75) is 51.0 Å². The molecule has 0 saturated heterocycles. The lowest BCUT2D eigenvalue weighted by molar-refractivity contribution is -0.150. The maximum atomic E-state index is 13.8. The van der Waals surface area contributed by atoms with E-state index in [0.717, 1.165) is 54.7 Å². The van der Waals surface area contributed by atoms with Gasteiger partial charge in [-0.2, -0.15) is 0 Å². The summed E-state index contributed by atoms with van der Waals surface area (Å²) in [7, 11) is 0. The molecule has 320 valence electrons. The number of esters is 2. The predicted molar refractivity (Wildman–Crippen MR) is 247 cm³/mol. The molecule has 0 radical (unpaired) electrons. The number of para-hydroxylation sites is 4. The first-order valence-corrected chi connectivity index (χ1v) is 21.6. The molecule has 0 aliphatic rings. The molecule has 3 N–H and O–H groups in total. The molecule has 63 heavy (non-hydrogen) atoms. The monoisotopic (exact) mass is 841 g/mol. The third-order valence-electron chi connectivity index (χ3n) is 11.4. The molecule has 8 aromatic rings. The number of benzene rings is 6. The third kappa shape index (κ3) is 10.1. The largest absolute Gasteiger partial charge is 0.459 e. The molecule has 6 aromatic carbocycles. The Morgan fingerprint density at radius 2 is 0.730 bits per heavy atom. The van der Waals surface area contributed by atoms with Crippen LogP contribution in [0.3, 0.4) is 0 Å². The number of hydrogen-bond donors (Lipinski definition) is 3. The molecule has 2 heterocycles. The van der Waals surface area contributed by atoms with E-state index in [-0.39, 0.29) is 50.7 Å². The van der Waals surface area contributed by atoms with Gasteiger partial charge in [-0.05, 0) is 48.2 Å². The van der Waals surface area contributed by atoms with Crippen LogP contribution >= 0.6 is 0 Å². The summed E-state index contributed by atoms with van der Waals surface area (Å²) in [5.74, 6) is -1.14. The van der Waals surface area contributed by atoms with Crippen LogP contribution < -0.4 is 16.0 Å². The number of hydrogen-bond acceptors (Lipinski definition) is 7. The Morgan fingerprint density at radius 3 is 1.08 bits per heavy atom. The highest BCUT2D eigenvalue weighted by Crippen LogP contribution is 2.35. The molecule has 0 bridgehead atoms. The quantitative estimate of drug-likeness (QED) is 0.0518. The summed E-state index contributed by atoms with van der Waals surface area (Å²) in [4.78, 5) is 53.9. The molecule has 2 amide bonds. The molecule has 0 unspecified atom stereocenters. The summed E-state index contributed by atoms with van der Waals surface area (Å²) >= 11 is 0. The van der Waals surface area contributed by atoms with Crippen molar-refractivity contribution in [3.63, 3.8) is 0 Å². The second-order valence-electron chi connectivity index (χ2n) is 15.6. The van der Waals surface area contributed by atoms with Crippen molar-refractivity contribution in [1.82, 2.24) is 25.1 Å². The summed E-state index contributed by atoms with van der Waals surface area (Å²) in [6.07, 6.45) is 0.753. The fraction of sp³-hybridized carbons (Fsp3) is 0.231. The van der Waals surface area contributed by atoms with Crippen molar-refractivity contribution < 1.29 is 28.7 Å². The van der Waals surface area contributed by atoms with Crippen LogP contribution in [0.5, 0.6) is 0 Å². The molecule has 8 rings (SSSR count). The van der Waals surface area contributed by atoms with Crippen LogP contribution in [0.15, 0.2) is 158 Å². The highest BCUT2D eigenvalue weighted by atomic mass is 16.5. The minimum absolute atomic E-state index is 0.122. The van der Waals surface area contributed by atoms with Crippen molar-refractivity contribution in [3.05, 3.63) is 169 Å². The van der Waals surface area contributed by atoms with Gasteiger partial charge in [-0.3, -0.25) is 9.59 Å². The smallest absolute Gasteiger partial charge is 0.329 e. The van der Waals surface area contributed by atoms with Crippen molar-refractivity contribution in [3.8, 4) is 0 Å². The standard InChI is InChI=1S/C52H51N5O6/c58-49(29-27-47(51(60)62-35-37-15-3-1-4-16-37)56-43-23-11-7-19-39(43)40-20-8-12-24-44(40)56)54-33-31-53-32-34-55-50(59)30-28-48(52(61)63-36-38-17-5-2-6-18-38)57-45-25-13-9-21-41(45)42-22-10-14-26-46(42)57/h1-26,47-48,53H,27-36H2,(H,54,58)(H,55,59)/t47-,48-/m0/s1. The van der Waals surface area contributed by atoms with Gasteiger partial charge in [-0.25, -0.2) is 9.59 Å². The van der Waals surface area contributed by atoms with E-state index < -0.39 is 24.0 Å². The summed E-state index contributed by atoms with van der Waals surface area (Å²) < 4.78 is 15.7. The highest BCUT2D eigenvalue weighted by molar-refractivity contribution is 6.10. The number of rotatable bonds is 20. The normalized spacial score (nSPS) is 12.3. The van der Waals surface area contributed by atoms with Crippen molar-refractivity contribution in [2.75, 3.05) is 26.2 Å². The fourth-order valence-corrected chi connectivity index (χ4v) is 8.35. The zero-order valence-corrected chi connectivity index (χ0v) is 35.1. The van der Waals surface area contributed by atoms with E-state index >= 15 is 0 Å². The SMILES string of the molecule is O=C(CC[C@@H](C(=O)OCc1ccccc1)n1c2ccccc2c2ccccc21)NCCNCCNC(=O)CC[C@@H](C(=O)OCc1ccccc1)n1c2ccccc2c2ccccc21. The van der Waals surface area contributed by atoms with Gasteiger partial charge in [0.05, 0.1) is 0 Å². The van der Waals surface area contributed by atoms with Crippen LogP contribution in [-0.4, -0.2) is 59.1 Å². The number of aromatic nitrogens is 2. The first-order valence-electron chi connectivity index (χ1n) is 21.6.